The largest absolute Gasteiger partial charge is 0.449 e. The molecule has 0 bridgehead atoms. The fourth-order valence-electron chi connectivity index (χ4n) is 4.58. The molecule has 0 aliphatic heterocycles. The predicted molar refractivity (Wildman–Crippen MR) is 106 cm³/mol. The lowest BCUT2D eigenvalue weighted by Crippen LogP contribution is -2.51. The molecule has 0 aromatic heterocycles. The van der Waals surface area contributed by atoms with Gasteiger partial charge in [-0.1, -0.05) is 74.2 Å². The summed E-state index contributed by atoms with van der Waals surface area (Å²) >= 11 is 0. The van der Waals surface area contributed by atoms with Crippen LogP contribution in [-0.4, -0.2) is 30.0 Å². The standard InChI is InChI=1S/C23H27NO3/c25-16-23(13-7-1-2-8-14-23)24-22(26)27-15-21-19-11-5-3-9-17(19)18-10-4-6-12-20(18)21/h3-6,9-12,21,25H,1-2,7-8,13-16H2,(H,24,26). The fraction of sp³-hybridized carbons (Fsp3) is 0.435. The van der Waals surface area contributed by atoms with E-state index in [-0.39, 0.29) is 12.5 Å². The van der Waals surface area contributed by atoms with Crippen LogP contribution in [0.15, 0.2) is 48.5 Å². The molecular weight excluding hydrogens is 338 g/mol. The Morgan fingerprint density at radius 3 is 2.07 bits per heavy atom. The van der Waals surface area contributed by atoms with Crippen LogP contribution >= 0.6 is 0 Å². The minimum absolute atomic E-state index is 0.0306. The Bertz CT molecular complexity index is 763. The zero-order chi connectivity index (χ0) is 18.7. The van der Waals surface area contributed by atoms with Gasteiger partial charge in [-0.25, -0.2) is 4.79 Å². The van der Waals surface area contributed by atoms with Gasteiger partial charge in [0.25, 0.3) is 0 Å². The highest BCUT2D eigenvalue weighted by atomic mass is 16.5. The Kier molecular flexibility index (Phi) is 5.17. The molecule has 1 saturated carbocycles. The zero-order valence-electron chi connectivity index (χ0n) is 15.6. The summed E-state index contributed by atoms with van der Waals surface area (Å²) in [6.07, 6.45) is 5.59. The number of carbonyl (C=O) groups is 1. The number of carbonyl (C=O) groups excluding carboxylic acids is 1. The second-order valence-corrected chi connectivity index (χ2v) is 7.80. The van der Waals surface area contributed by atoms with Crippen molar-refractivity contribution in [2.24, 2.45) is 0 Å². The second kappa shape index (κ2) is 7.73. The molecule has 27 heavy (non-hydrogen) atoms. The minimum Gasteiger partial charge on any atom is -0.449 e. The molecule has 0 radical (unpaired) electrons. The third kappa shape index (κ3) is 3.59. The van der Waals surface area contributed by atoms with Crippen LogP contribution in [0.25, 0.3) is 11.1 Å². The highest BCUT2D eigenvalue weighted by Crippen LogP contribution is 2.44. The van der Waals surface area contributed by atoms with Crippen molar-refractivity contribution in [1.82, 2.24) is 5.32 Å². The molecule has 4 nitrogen and oxygen atoms in total. The molecule has 0 unspecified atom stereocenters. The molecule has 2 aliphatic rings. The molecular formula is C23H27NO3. The van der Waals surface area contributed by atoms with Crippen LogP contribution < -0.4 is 5.32 Å². The lowest BCUT2D eigenvalue weighted by atomic mass is 9.91. The van der Waals surface area contributed by atoms with E-state index >= 15 is 0 Å². The summed E-state index contributed by atoms with van der Waals surface area (Å²) in [7, 11) is 0. The highest BCUT2D eigenvalue weighted by molar-refractivity contribution is 5.79. The van der Waals surface area contributed by atoms with Crippen LogP contribution in [0.2, 0.25) is 0 Å². The Labute approximate surface area is 160 Å². The lowest BCUT2D eigenvalue weighted by molar-refractivity contribution is 0.102. The van der Waals surface area contributed by atoms with Crippen LogP contribution in [-0.2, 0) is 4.74 Å². The van der Waals surface area contributed by atoms with Crippen molar-refractivity contribution in [2.45, 2.75) is 50.0 Å². The molecule has 0 spiro atoms. The van der Waals surface area contributed by atoms with Crippen LogP contribution in [0, 0.1) is 0 Å². The van der Waals surface area contributed by atoms with Gasteiger partial charge in [0.15, 0.2) is 0 Å². The van der Waals surface area contributed by atoms with Crippen LogP contribution in [0.5, 0.6) is 0 Å². The van der Waals surface area contributed by atoms with Crippen molar-refractivity contribution in [3.8, 4) is 11.1 Å². The number of alkyl carbamates (subject to hydrolysis) is 1. The van der Waals surface area contributed by atoms with Gasteiger partial charge in [0, 0.05) is 5.92 Å². The van der Waals surface area contributed by atoms with Crippen molar-refractivity contribution in [1.29, 1.82) is 0 Å². The molecule has 0 saturated heterocycles. The smallest absolute Gasteiger partial charge is 0.407 e. The Hall–Kier alpha value is -2.33. The molecule has 0 heterocycles. The molecule has 0 atom stereocenters. The highest BCUT2D eigenvalue weighted by Gasteiger charge is 2.34. The summed E-state index contributed by atoms with van der Waals surface area (Å²) in [4.78, 5) is 12.5. The Morgan fingerprint density at radius 2 is 1.52 bits per heavy atom. The van der Waals surface area contributed by atoms with E-state index in [0.29, 0.717) is 6.61 Å². The maximum Gasteiger partial charge on any atom is 0.407 e. The number of amides is 1. The maximum absolute atomic E-state index is 12.5. The summed E-state index contributed by atoms with van der Waals surface area (Å²) in [5.41, 5.74) is 4.32. The van der Waals surface area contributed by atoms with Gasteiger partial charge in [0.2, 0.25) is 0 Å². The van der Waals surface area contributed by atoms with Crippen molar-refractivity contribution in [2.75, 3.05) is 13.2 Å². The molecule has 1 fully saturated rings. The summed E-state index contributed by atoms with van der Waals surface area (Å²) in [5.74, 6) is 0.0577. The molecule has 2 aromatic rings. The Morgan fingerprint density at radius 1 is 0.963 bits per heavy atom. The molecule has 4 heteroatoms. The average Bonchev–Trinajstić information content (AvgIpc) is 2.84. The number of aliphatic hydroxyl groups is 1. The van der Waals surface area contributed by atoms with E-state index in [2.05, 4.69) is 29.6 Å². The van der Waals surface area contributed by atoms with E-state index < -0.39 is 11.6 Å². The number of fused-ring (bicyclic) bond motifs is 3. The van der Waals surface area contributed by atoms with E-state index in [0.717, 1.165) is 38.5 Å². The van der Waals surface area contributed by atoms with Crippen LogP contribution in [0.1, 0.15) is 55.6 Å². The maximum atomic E-state index is 12.5. The quantitative estimate of drug-likeness (QED) is 0.778. The van der Waals surface area contributed by atoms with Gasteiger partial charge in [0.1, 0.15) is 6.61 Å². The topological polar surface area (TPSA) is 58.6 Å². The number of ether oxygens (including phenoxy) is 1. The van der Waals surface area contributed by atoms with E-state index in [1.54, 1.807) is 0 Å². The summed E-state index contributed by atoms with van der Waals surface area (Å²) < 4.78 is 5.65. The number of rotatable bonds is 4. The summed E-state index contributed by atoms with van der Waals surface area (Å²) in [5, 5.41) is 12.9. The van der Waals surface area contributed by atoms with Gasteiger partial charge in [-0.3, -0.25) is 0 Å². The van der Waals surface area contributed by atoms with Crippen molar-refractivity contribution in [3.63, 3.8) is 0 Å². The van der Waals surface area contributed by atoms with Gasteiger partial charge in [-0.05, 0) is 35.1 Å². The number of hydrogen-bond donors (Lipinski definition) is 2. The monoisotopic (exact) mass is 365 g/mol. The van der Waals surface area contributed by atoms with Gasteiger partial charge >= 0.3 is 6.09 Å². The molecule has 2 aromatic carbocycles. The SMILES string of the molecule is O=C(NC1(CO)CCCCCC1)OCC1c2ccccc2-c2ccccc21. The third-order valence-corrected chi connectivity index (χ3v) is 6.07. The van der Waals surface area contributed by atoms with Crippen LogP contribution in [0.3, 0.4) is 0 Å². The fourth-order valence-corrected chi connectivity index (χ4v) is 4.58. The van der Waals surface area contributed by atoms with E-state index in [4.69, 9.17) is 4.74 Å². The van der Waals surface area contributed by atoms with Crippen molar-refractivity contribution < 1.29 is 14.6 Å². The van der Waals surface area contributed by atoms with Gasteiger partial charge < -0.3 is 15.2 Å². The van der Waals surface area contributed by atoms with Gasteiger partial charge in [0.05, 0.1) is 12.1 Å². The first kappa shape index (κ1) is 18.1. The van der Waals surface area contributed by atoms with Gasteiger partial charge in [-0.2, -0.15) is 0 Å². The second-order valence-electron chi connectivity index (χ2n) is 7.80. The Balaban J connectivity index is 1.46. The minimum atomic E-state index is -0.529. The molecule has 4 rings (SSSR count). The van der Waals surface area contributed by atoms with E-state index in [9.17, 15) is 9.90 Å². The van der Waals surface area contributed by atoms with E-state index in [1.807, 2.05) is 24.3 Å². The number of aliphatic hydroxyl groups excluding tert-OH is 1. The number of hydrogen-bond acceptors (Lipinski definition) is 3. The molecule has 1 amide bonds. The summed E-state index contributed by atoms with van der Waals surface area (Å²) in [6.45, 7) is 0.276. The first-order valence-electron chi connectivity index (χ1n) is 9.96. The van der Waals surface area contributed by atoms with Crippen LogP contribution in [0.4, 0.5) is 4.79 Å². The van der Waals surface area contributed by atoms with Crippen molar-refractivity contribution >= 4 is 6.09 Å². The van der Waals surface area contributed by atoms with E-state index in [1.165, 1.54) is 22.3 Å². The molecule has 142 valence electrons. The first-order chi connectivity index (χ1) is 13.2. The average molecular weight is 365 g/mol. The normalized spacial score (nSPS) is 18.3. The number of nitrogens with one attached hydrogen (secondary N) is 1. The predicted octanol–water partition coefficient (Wildman–Crippen LogP) is 4.61. The lowest BCUT2D eigenvalue weighted by Gasteiger charge is -2.31. The van der Waals surface area contributed by atoms with Crippen molar-refractivity contribution in [3.05, 3.63) is 59.7 Å². The molecule has 2 aliphatic carbocycles. The summed E-state index contributed by atoms with van der Waals surface area (Å²) in [6, 6.07) is 16.6. The number of benzene rings is 2. The molecule has 2 N–H and O–H groups in total. The third-order valence-electron chi connectivity index (χ3n) is 6.07. The first-order valence-corrected chi connectivity index (χ1v) is 9.96. The zero-order valence-corrected chi connectivity index (χ0v) is 15.6. The van der Waals surface area contributed by atoms with Gasteiger partial charge in [-0.15, -0.1) is 0 Å².